The minimum absolute atomic E-state index is 0.170. The van der Waals surface area contributed by atoms with Crippen LogP contribution in [0.5, 0.6) is 23.0 Å². The summed E-state index contributed by atoms with van der Waals surface area (Å²) in [5.41, 5.74) is 4.66. The zero-order valence-corrected chi connectivity index (χ0v) is 31.2. The lowest BCUT2D eigenvalue weighted by molar-refractivity contribution is -0.144. The van der Waals surface area contributed by atoms with Crippen molar-refractivity contribution in [2.75, 3.05) is 32.7 Å². The Balaban J connectivity index is 1.10. The van der Waals surface area contributed by atoms with Gasteiger partial charge in [-0.1, -0.05) is 30.3 Å². The van der Waals surface area contributed by atoms with Crippen LogP contribution in [0.4, 0.5) is 5.82 Å². The number of benzene rings is 3. The Morgan fingerprint density at radius 1 is 1.00 bits per heavy atom. The van der Waals surface area contributed by atoms with E-state index in [2.05, 4.69) is 20.8 Å². The van der Waals surface area contributed by atoms with Crippen molar-refractivity contribution in [3.05, 3.63) is 102 Å². The number of amides is 3. The molecule has 1 aliphatic rings. The molecule has 2 heterocycles. The summed E-state index contributed by atoms with van der Waals surface area (Å²) in [6.45, 7) is 2.43. The lowest BCUT2D eigenvalue weighted by atomic mass is 9.81. The molecule has 0 aliphatic carbocycles. The lowest BCUT2D eigenvalue weighted by Gasteiger charge is -2.29. The molecule has 55 heavy (non-hydrogen) atoms. The van der Waals surface area contributed by atoms with Crippen LogP contribution in [0.1, 0.15) is 54.1 Å². The minimum atomic E-state index is -4.43. The Morgan fingerprint density at radius 3 is 2.40 bits per heavy atom. The molecule has 2 atom stereocenters. The molecule has 16 nitrogen and oxygen atoms in total. The summed E-state index contributed by atoms with van der Waals surface area (Å²) in [6.07, 6.45) is 4.25. The Labute approximate surface area is 318 Å². The Bertz CT molecular complexity index is 2130. The molecule has 0 radical (unpaired) electrons. The van der Waals surface area contributed by atoms with Crippen molar-refractivity contribution in [1.82, 2.24) is 20.7 Å². The summed E-state index contributed by atoms with van der Waals surface area (Å²) in [7, 11) is -1.34. The first-order valence-electron chi connectivity index (χ1n) is 17.2. The van der Waals surface area contributed by atoms with Gasteiger partial charge in [-0.05, 0) is 80.6 Å². The van der Waals surface area contributed by atoms with Crippen LogP contribution in [0, 0.1) is 0 Å². The van der Waals surface area contributed by atoms with E-state index in [4.69, 9.17) is 14.2 Å². The van der Waals surface area contributed by atoms with Gasteiger partial charge in [0.1, 0.15) is 28.3 Å². The van der Waals surface area contributed by atoms with Crippen LogP contribution >= 0.6 is 0 Å². The summed E-state index contributed by atoms with van der Waals surface area (Å²) in [5, 5.41) is 16.3. The van der Waals surface area contributed by atoms with Gasteiger partial charge in [0.25, 0.3) is 21.9 Å². The van der Waals surface area contributed by atoms with Crippen molar-refractivity contribution in [2.24, 2.45) is 5.10 Å². The molecule has 4 aromatic rings. The maximum atomic E-state index is 13.8. The summed E-state index contributed by atoms with van der Waals surface area (Å²) in [6, 6.07) is 20.3. The number of methoxy groups -OCH3 is 2. The van der Waals surface area contributed by atoms with Gasteiger partial charge in [-0.15, -0.1) is 0 Å². The van der Waals surface area contributed by atoms with Gasteiger partial charge in [-0.2, -0.15) is 13.5 Å². The molecule has 1 aliphatic heterocycles. The Kier molecular flexibility index (Phi) is 13.0. The average Bonchev–Trinajstić information content (AvgIpc) is 3.49. The molecule has 0 spiro atoms. The Hall–Kier alpha value is -6.04. The monoisotopic (exact) mass is 774 g/mol. The maximum Gasteiger partial charge on any atom is 0.295 e. The molecule has 0 saturated carbocycles. The van der Waals surface area contributed by atoms with Crippen molar-refractivity contribution in [3.8, 4) is 23.0 Å². The quantitative estimate of drug-likeness (QED) is 0.0328. The number of likely N-dealkylation sites (tertiary alicyclic amines) is 1. The highest BCUT2D eigenvalue weighted by molar-refractivity contribution is 7.86. The smallest absolute Gasteiger partial charge is 0.295 e. The van der Waals surface area contributed by atoms with E-state index in [9.17, 15) is 32.6 Å². The number of carbonyl (C=O) groups excluding carboxylic acids is 3. The number of pyridine rings is 1. The number of nitrogens with one attached hydrogen (secondary N) is 3. The molecule has 0 unspecified atom stereocenters. The van der Waals surface area contributed by atoms with Gasteiger partial charge in [0.05, 0.1) is 31.4 Å². The van der Waals surface area contributed by atoms with Gasteiger partial charge in [-0.25, -0.2) is 10.5 Å². The number of aromatic nitrogens is 1. The molecule has 17 heteroatoms. The molecule has 290 valence electrons. The molecule has 1 fully saturated rings. The van der Waals surface area contributed by atoms with Gasteiger partial charge >= 0.3 is 0 Å². The number of unbranched alkanes of at least 4 members (excludes halogenated alkanes) is 1. The molecule has 0 bridgehead atoms. The number of carbonyl (C=O) groups is 3. The van der Waals surface area contributed by atoms with Crippen LogP contribution in [0.2, 0.25) is 0 Å². The van der Waals surface area contributed by atoms with E-state index < -0.39 is 27.5 Å². The number of nitrogens with zero attached hydrogens (tertiary/aromatic N) is 3. The standard InChI is InChI=1S/C38H42N6O10S/c1-38(27-12-14-28(15-13-27)54-29-16-17-31(52-2)32(22-29)53-3)19-21-44(37(38)47)30(36(46)43-48)9-6-7-20-39-35(45)26-11-18-34(40-23-26)42-41-24-25-8-4-5-10-33(25)55(49,50)51/h4-5,8,10-18,22-24,30,48H,6-7,9,19-21H2,1-3H3,(H,39,45)(H,40,42)(H,43,46)(H,49,50,51)/b41-24-/t30-,38+/m1/s1. The molecule has 1 saturated heterocycles. The lowest BCUT2D eigenvalue weighted by Crippen LogP contribution is -2.49. The third kappa shape index (κ3) is 9.74. The van der Waals surface area contributed by atoms with E-state index in [0.29, 0.717) is 48.8 Å². The van der Waals surface area contributed by atoms with Crippen LogP contribution in [-0.4, -0.2) is 85.3 Å². The Morgan fingerprint density at radius 2 is 1.73 bits per heavy atom. The molecule has 5 rings (SSSR count). The fraction of sp³-hybridized carbons (Fsp3) is 0.289. The second-order valence-electron chi connectivity index (χ2n) is 12.8. The van der Waals surface area contributed by atoms with E-state index in [1.807, 2.05) is 19.1 Å². The van der Waals surface area contributed by atoms with Gasteiger partial charge in [0, 0.05) is 30.9 Å². The maximum absolute atomic E-state index is 13.8. The number of hydrogen-bond donors (Lipinski definition) is 5. The number of anilines is 1. The predicted octanol–water partition coefficient (Wildman–Crippen LogP) is 4.55. The minimum Gasteiger partial charge on any atom is -0.493 e. The average molecular weight is 775 g/mol. The fourth-order valence-electron chi connectivity index (χ4n) is 6.20. The third-order valence-corrected chi connectivity index (χ3v) is 10.2. The highest BCUT2D eigenvalue weighted by atomic mass is 32.2. The van der Waals surface area contributed by atoms with Crippen molar-refractivity contribution < 1.29 is 46.8 Å². The second kappa shape index (κ2) is 17.9. The van der Waals surface area contributed by atoms with E-state index >= 15 is 0 Å². The van der Waals surface area contributed by atoms with Crippen LogP contribution in [0.3, 0.4) is 0 Å². The predicted molar refractivity (Wildman–Crippen MR) is 201 cm³/mol. The van der Waals surface area contributed by atoms with Crippen LogP contribution in [0.15, 0.2) is 95.1 Å². The zero-order valence-electron chi connectivity index (χ0n) is 30.4. The number of hydrogen-bond acceptors (Lipinski definition) is 12. The zero-order chi connectivity index (χ0) is 39.6. The SMILES string of the molecule is COc1ccc(Oc2ccc([C@]3(C)CCN([C@H](CCCCNC(=O)c4ccc(N/N=C\c5ccccc5S(=O)(=O)O)nc4)C(=O)NO)C3=O)cc2)cc1OC. The number of ether oxygens (including phenoxy) is 3. The normalized spacial score (nSPS) is 16.1. The van der Waals surface area contributed by atoms with Crippen molar-refractivity contribution in [1.29, 1.82) is 0 Å². The summed E-state index contributed by atoms with van der Waals surface area (Å²) in [4.78, 5) is 44.6. The van der Waals surface area contributed by atoms with E-state index in [1.54, 1.807) is 49.0 Å². The summed E-state index contributed by atoms with van der Waals surface area (Å²) >= 11 is 0. The van der Waals surface area contributed by atoms with Gasteiger partial charge in [-0.3, -0.25) is 29.6 Å². The van der Waals surface area contributed by atoms with Gasteiger partial charge in [0.2, 0.25) is 5.91 Å². The largest absolute Gasteiger partial charge is 0.493 e. The van der Waals surface area contributed by atoms with E-state index in [1.165, 1.54) is 54.8 Å². The van der Waals surface area contributed by atoms with E-state index in [-0.39, 0.29) is 46.6 Å². The molecular formula is C38H42N6O10S. The molecule has 3 amide bonds. The molecular weight excluding hydrogens is 733 g/mol. The van der Waals surface area contributed by atoms with Crippen LogP contribution in [0.25, 0.3) is 0 Å². The van der Waals surface area contributed by atoms with Gasteiger partial charge < -0.3 is 24.4 Å². The van der Waals surface area contributed by atoms with Crippen LogP contribution < -0.4 is 30.4 Å². The van der Waals surface area contributed by atoms with E-state index in [0.717, 1.165) is 5.56 Å². The topological polar surface area (TPSA) is 218 Å². The first-order chi connectivity index (χ1) is 26.4. The molecule has 1 aromatic heterocycles. The summed E-state index contributed by atoms with van der Waals surface area (Å²) in [5.74, 6) is 1.20. The van der Waals surface area contributed by atoms with Gasteiger partial charge in [0.15, 0.2) is 11.5 Å². The molecule has 5 N–H and O–H groups in total. The first kappa shape index (κ1) is 40.2. The number of hydrazone groups is 1. The van der Waals surface area contributed by atoms with Crippen molar-refractivity contribution in [3.63, 3.8) is 0 Å². The summed E-state index contributed by atoms with van der Waals surface area (Å²) < 4.78 is 49.1. The number of rotatable bonds is 17. The van der Waals surface area contributed by atoms with Crippen molar-refractivity contribution >= 4 is 39.9 Å². The second-order valence-corrected chi connectivity index (χ2v) is 14.2. The number of hydroxylamine groups is 1. The van der Waals surface area contributed by atoms with Crippen molar-refractivity contribution in [2.45, 2.75) is 49.0 Å². The highest BCUT2D eigenvalue weighted by Gasteiger charge is 2.47. The van der Waals surface area contributed by atoms with Crippen LogP contribution in [-0.2, 0) is 25.1 Å². The molecule has 3 aromatic carbocycles. The third-order valence-electron chi connectivity index (χ3n) is 9.25. The highest BCUT2D eigenvalue weighted by Crippen LogP contribution is 2.39. The first-order valence-corrected chi connectivity index (χ1v) is 18.7. The fourth-order valence-corrected chi connectivity index (χ4v) is 6.86.